The van der Waals surface area contributed by atoms with Crippen molar-refractivity contribution in [3.8, 4) is 22.7 Å². The van der Waals surface area contributed by atoms with Crippen LogP contribution in [0.25, 0.3) is 23.0 Å². The van der Waals surface area contributed by atoms with Gasteiger partial charge in [0.25, 0.3) is 5.91 Å². The van der Waals surface area contributed by atoms with Crippen molar-refractivity contribution in [2.24, 2.45) is 0 Å². The number of thioether (sulfide) groups is 1. The maximum atomic E-state index is 13.3. The average Bonchev–Trinajstić information content (AvgIpc) is 3.53. The van der Waals surface area contributed by atoms with Crippen LogP contribution in [0.3, 0.4) is 0 Å². The smallest absolute Gasteiger partial charge is 0.266 e. The topological polar surface area (TPSA) is 47.4 Å². The zero-order chi connectivity index (χ0) is 28.6. The lowest BCUT2D eigenvalue weighted by Crippen LogP contribution is -2.29. The van der Waals surface area contributed by atoms with Gasteiger partial charge >= 0.3 is 0 Å². The third-order valence-corrected chi connectivity index (χ3v) is 8.49. The van der Waals surface area contributed by atoms with Crippen molar-refractivity contribution < 1.29 is 9.53 Å². The molecule has 0 saturated carbocycles. The van der Waals surface area contributed by atoms with Gasteiger partial charge in [-0.2, -0.15) is 5.10 Å². The largest absolute Gasteiger partial charge is 0.489 e. The maximum Gasteiger partial charge on any atom is 0.266 e. The molecule has 0 atom stereocenters. The summed E-state index contributed by atoms with van der Waals surface area (Å²) in [5.74, 6) is 0.729. The van der Waals surface area contributed by atoms with Gasteiger partial charge in [0, 0.05) is 28.9 Å². The summed E-state index contributed by atoms with van der Waals surface area (Å²) in [7, 11) is 0. The fraction of sp³-hybridized carbons (Fsp3) is 0.242. The van der Waals surface area contributed by atoms with Gasteiger partial charge in [0.15, 0.2) is 0 Å². The van der Waals surface area contributed by atoms with Crippen molar-refractivity contribution in [1.29, 1.82) is 0 Å². The molecule has 8 heteroatoms. The Morgan fingerprint density at radius 2 is 1.68 bits per heavy atom. The summed E-state index contributed by atoms with van der Waals surface area (Å²) in [5.41, 5.74) is 4.54. The molecule has 0 bridgehead atoms. The minimum atomic E-state index is -0.0279. The third-order valence-electron chi connectivity index (χ3n) is 6.86. The van der Waals surface area contributed by atoms with Gasteiger partial charge in [-0.1, -0.05) is 98.5 Å². The lowest BCUT2D eigenvalue weighted by molar-refractivity contribution is -0.122. The van der Waals surface area contributed by atoms with Crippen LogP contribution in [-0.2, 0) is 11.4 Å². The Hall–Kier alpha value is -3.39. The molecule has 1 saturated heterocycles. The summed E-state index contributed by atoms with van der Waals surface area (Å²) in [6.07, 6.45) is 9.56. The second-order valence-electron chi connectivity index (χ2n) is 9.90. The second kappa shape index (κ2) is 14.0. The van der Waals surface area contributed by atoms with Crippen LogP contribution < -0.4 is 4.74 Å². The van der Waals surface area contributed by atoms with Gasteiger partial charge in [-0.05, 0) is 66.6 Å². The Morgan fingerprint density at radius 1 is 0.951 bits per heavy atom. The highest BCUT2D eigenvalue weighted by atomic mass is 35.5. The molecule has 1 aliphatic heterocycles. The van der Waals surface area contributed by atoms with Crippen molar-refractivity contribution in [1.82, 2.24) is 14.7 Å². The van der Waals surface area contributed by atoms with Crippen molar-refractivity contribution >= 4 is 51.9 Å². The molecular formula is C33H32ClN3O2S2. The molecule has 0 spiro atoms. The van der Waals surface area contributed by atoms with E-state index in [9.17, 15) is 4.79 Å². The first-order chi connectivity index (χ1) is 20.0. The number of unbranched alkanes of at least 4 members (excludes halogenated alkanes) is 4. The zero-order valence-electron chi connectivity index (χ0n) is 23.0. The molecule has 0 unspecified atom stereocenters. The van der Waals surface area contributed by atoms with Crippen LogP contribution in [0.15, 0.2) is 90.0 Å². The molecule has 0 N–H and O–H groups in total. The first kappa shape index (κ1) is 29.1. The monoisotopic (exact) mass is 601 g/mol. The van der Waals surface area contributed by atoms with Gasteiger partial charge in [0.2, 0.25) is 0 Å². The highest BCUT2D eigenvalue weighted by Crippen LogP contribution is 2.35. The van der Waals surface area contributed by atoms with Crippen LogP contribution in [0.4, 0.5) is 0 Å². The Morgan fingerprint density at radius 3 is 2.41 bits per heavy atom. The van der Waals surface area contributed by atoms with Gasteiger partial charge in [0.1, 0.15) is 16.7 Å². The van der Waals surface area contributed by atoms with E-state index in [2.05, 4.69) is 6.92 Å². The van der Waals surface area contributed by atoms with Crippen LogP contribution in [-0.4, -0.2) is 31.5 Å². The number of nitrogens with zero attached hydrogens (tertiary/aromatic N) is 3. The predicted octanol–water partition coefficient (Wildman–Crippen LogP) is 8.94. The minimum Gasteiger partial charge on any atom is -0.489 e. The number of hydrogen-bond donors (Lipinski definition) is 0. The van der Waals surface area contributed by atoms with Gasteiger partial charge in [0.05, 0.1) is 16.3 Å². The van der Waals surface area contributed by atoms with Crippen LogP contribution in [0.5, 0.6) is 5.75 Å². The lowest BCUT2D eigenvalue weighted by Gasteiger charge is -2.13. The molecule has 1 amide bonds. The molecule has 5 rings (SSSR count). The van der Waals surface area contributed by atoms with Crippen LogP contribution in [0.1, 0.15) is 50.2 Å². The predicted molar refractivity (Wildman–Crippen MR) is 173 cm³/mol. The van der Waals surface area contributed by atoms with Crippen molar-refractivity contribution in [3.63, 3.8) is 0 Å². The number of thiocarbonyl (C=S) groups is 1. The van der Waals surface area contributed by atoms with Gasteiger partial charge in [-0.3, -0.25) is 9.69 Å². The van der Waals surface area contributed by atoms with Crippen molar-refractivity contribution in [3.05, 3.63) is 106 Å². The number of ether oxygens (including phenoxy) is 1. The number of rotatable bonds is 12. The number of carbonyl (C=O) groups is 1. The number of halogens is 1. The quantitative estimate of drug-likeness (QED) is 0.0921. The highest BCUT2D eigenvalue weighted by molar-refractivity contribution is 8.26. The summed E-state index contributed by atoms with van der Waals surface area (Å²) in [4.78, 5) is 15.7. The van der Waals surface area contributed by atoms with E-state index in [1.54, 1.807) is 4.90 Å². The molecule has 4 aromatic rings. The van der Waals surface area contributed by atoms with E-state index in [1.165, 1.54) is 31.0 Å². The summed E-state index contributed by atoms with van der Waals surface area (Å²) >= 11 is 12.9. The third kappa shape index (κ3) is 7.47. The standard InChI is InChI=1S/C33H32ClN3O2S2/c1-2-3-4-5-9-20-36-32(38)30(41-33(36)40)21-26-22-37(28-10-7-6-8-11-28)35-31(26)25-14-18-29(19-15-25)39-23-24-12-16-27(34)17-13-24/h6-8,10-19,21-22H,2-5,9,20,23H2,1H3. The summed E-state index contributed by atoms with van der Waals surface area (Å²) < 4.78 is 8.45. The van der Waals surface area contributed by atoms with Crippen molar-refractivity contribution in [2.45, 2.75) is 45.6 Å². The van der Waals surface area contributed by atoms with Crippen LogP contribution in [0, 0.1) is 0 Å². The Kier molecular flexibility index (Phi) is 9.93. The number of carbonyl (C=O) groups excluding carboxylic acids is 1. The van der Waals surface area contributed by atoms with E-state index in [-0.39, 0.29) is 5.91 Å². The van der Waals surface area contributed by atoms with Gasteiger partial charge in [-0.15, -0.1) is 0 Å². The zero-order valence-corrected chi connectivity index (χ0v) is 25.4. The summed E-state index contributed by atoms with van der Waals surface area (Å²) in [5, 5.41) is 5.62. The first-order valence-corrected chi connectivity index (χ1v) is 15.5. The number of aromatic nitrogens is 2. The van der Waals surface area contributed by atoms with E-state index < -0.39 is 0 Å². The Bertz CT molecular complexity index is 1520. The fourth-order valence-corrected chi connectivity index (χ4v) is 6.02. The molecule has 1 aliphatic rings. The van der Waals surface area contributed by atoms with Crippen LogP contribution in [0.2, 0.25) is 5.02 Å². The fourth-order valence-electron chi connectivity index (χ4n) is 4.59. The molecule has 0 aliphatic carbocycles. The molecule has 210 valence electrons. The molecule has 3 aromatic carbocycles. The van der Waals surface area contributed by atoms with E-state index in [1.807, 2.05) is 95.8 Å². The molecule has 1 aromatic heterocycles. The SMILES string of the molecule is CCCCCCCN1C(=O)C(=Cc2cn(-c3ccccc3)nc2-c2ccc(OCc3ccc(Cl)cc3)cc2)SC1=S. The number of para-hydroxylation sites is 1. The summed E-state index contributed by atoms with van der Waals surface area (Å²) in [6.45, 7) is 3.32. The first-order valence-electron chi connectivity index (χ1n) is 13.9. The molecule has 2 heterocycles. The maximum absolute atomic E-state index is 13.3. The molecule has 41 heavy (non-hydrogen) atoms. The van der Waals surface area contributed by atoms with E-state index in [4.69, 9.17) is 33.7 Å². The van der Waals surface area contributed by atoms with E-state index in [0.29, 0.717) is 27.4 Å². The highest BCUT2D eigenvalue weighted by Gasteiger charge is 2.32. The van der Waals surface area contributed by atoms with E-state index >= 15 is 0 Å². The normalized spacial score (nSPS) is 14.3. The van der Waals surface area contributed by atoms with Gasteiger partial charge < -0.3 is 4.74 Å². The summed E-state index contributed by atoms with van der Waals surface area (Å²) in [6, 6.07) is 25.4. The molecule has 5 nitrogen and oxygen atoms in total. The minimum absolute atomic E-state index is 0.0279. The van der Waals surface area contributed by atoms with Gasteiger partial charge in [-0.25, -0.2) is 4.68 Å². The molecule has 0 radical (unpaired) electrons. The number of benzene rings is 3. The van der Waals surface area contributed by atoms with E-state index in [0.717, 1.165) is 46.7 Å². The molecule has 1 fully saturated rings. The number of hydrogen-bond acceptors (Lipinski definition) is 5. The van der Waals surface area contributed by atoms with Crippen LogP contribution >= 0.6 is 35.6 Å². The lowest BCUT2D eigenvalue weighted by atomic mass is 10.1. The second-order valence-corrected chi connectivity index (χ2v) is 12.0. The average molecular weight is 602 g/mol. The molecular weight excluding hydrogens is 570 g/mol. The number of amides is 1. The van der Waals surface area contributed by atoms with Crippen molar-refractivity contribution in [2.75, 3.05) is 6.54 Å². The Balaban J connectivity index is 1.37. The Labute approximate surface area is 256 Å².